The molecule has 0 aromatic carbocycles. The van der Waals surface area contributed by atoms with Crippen LogP contribution in [0.4, 0.5) is 5.69 Å². The molecule has 2 aromatic heterocycles. The summed E-state index contributed by atoms with van der Waals surface area (Å²) in [4.78, 5) is 6.83. The fourth-order valence-corrected chi connectivity index (χ4v) is 1.80. The number of pyridine rings is 1. The minimum atomic E-state index is 0.609. The highest BCUT2D eigenvalue weighted by Gasteiger charge is 2.00. The topological polar surface area (TPSA) is 61.7 Å². The van der Waals surface area contributed by atoms with Crippen LogP contribution in [0.3, 0.4) is 0 Å². The molecule has 0 amide bonds. The predicted octanol–water partition coefficient (Wildman–Crippen LogP) is 3.24. The van der Waals surface area contributed by atoms with Crippen LogP contribution in [0.1, 0.15) is 0 Å². The van der Waals surface area contributed by atoms with Crippen LogP contribution in [0.15, 0.2) is 28.8 Å². The van der Waals surface area contributed by atoms with Gasteiger partial charge in [-0.2, -0.15) is 0 Å². The Labute approximate surface area is 72.1 Å². The monoisotopic (exact) mass is 176 g/mol. The Hall–Kier alpha value is -1.58. The predicted molar refractivity (Wildman–Crippen MR) is 48.4 cm³/mol. The summed E-state index contributed by atoms with van der Waals surface area (Å²) >= 11 is 1.53. The summed E-state index contributed by atoms with van der Waals surface area (Å²) in [6.07, 6.45) is 1.69. The van der Waals surface area contributed by atoms with Crippen LogP contribution in [-0.4, -0.2) is 4.98 Å². The third-order valence-corrected chi connectivity index (χ3v) is 2.39. The Balaban J connectivity index is 2.78. The molecular weight excluding hydrogens is 172 g/mol. The molecule has 0 atom stereocenters. The van der Waals surface area contributed by atoms with Gasteiger partial charge in [0.15, 0.2) is 0 Å². The molecule has 5 heteroatoms. The Kier molecular flexibility index (Phi) is 1.66. The van der Waals surface area contributed by atoms with Crippen molar-refractivity contribution < 1.29 is 0 Å². The van der Waals surface area contributed by atoms with E-state index in [9.17, 15) is 0 Å². The SMILES string of the molecule is [N-]=[N+]=Nc1csc2cccnc12. The van der Waals surface area contributed by atoms with E-state index in [1.807, 2.05) is 12.1 Å². The quantitative estimate of drug-likeness (QED) is 0.373. The van der Waals surface area contributed by atoms with Crippen molar-refractivity contribution in [2.75, 3.05) is 0 Å². The van der Waals surface area contributed by atoms with Gasteiger partial charge in [-0.3, -0.25) is 4.98 Å². The first-order valence-electron chi connectivity index (χ1n) is 3.29. The summed E-state index contributed by atoms with van der Waals surface area (Å²) < 4.78 is 1.04. The van der Waals surface area contributed by atoms with Crippen LogP contribution in [-0.2, 0) is 0 Å². The van der Waals surface area contributed by atoms with Crippen LogP contribution in [0, 0.1) is 0 Å². The average Bonchev–Trinajstić information content (AvgIpc) is 2.50. The molecule has 0 aliphatic carbocycles. The zero-order chi connectivity index (χ0) is 8.39. The Morgan fingerprint density at radius 3 is 3.33 bits per heavy atom. The van der Waals surface area contributed by atoms with E-state index in [1.54, 1.807) is 11.6 Å². The second-order valence-electron chi connectivity index (χ2n) is 2.16. The van der Waals surface area contributed by atoms with Crippen LogP contribution >= 0.6 is 11.3 Å². The zero-order valence-electron chi connectivity index (χ0n) is 6.01. The fraction of sp³-hybridized carbons (Fsp3) is 0. The van der Waals surface area contributed by atoms with Gasteiger partial charge < -0.3 is 0 Å². The average molecular weight is 176 g/mol. The maximum atomic E-state index is 8.23. The molecule has 0 fully saturated rings. The number of azide groups is 1. The lowest BCUT2D eigenvalue weighted by molar-refractivity contribution is 1.40. The van der Waals surface area contributed by atoms with E-state index in [0.717, 1.165) is 10.2 Å². The van der Waals surface area contributed by atoms with Gasteiger partial charge in [-0.25, -0.2) is 0 Å². The van der Waals surface area contributed by atoms with Gasteiger partial charge in [0, 0.05) is 16.5 Å². The first-order valence-corrected chi connectivity index (χ1v) is 4.17. The molecule has 0 unspecified atom stereocenters. The smallest absolute Gasteiger partial charge is 0.0905 e. The van der Waals surface area contributed by atoms with E-state index in [4.69, 9.17) is 5.53 Å². The molecule has 0 spiro atoms. The number of fused-ring (bicyclic) bond motifs is 1. The standard InChI is InChI=1S/C7H4N4S/c8-11-10-5-4-12-6-2-1-3-9-7(5)6/h1-4H. The molecule has 0 radical (unpaired) electrons. The highest BCUT2D eigenvalue weighted by Crippen LogP contribution is 2.30. The van der Waals surface area contributed by atoms with Crippen molar-refractivity contribution in [2.45, 2.75) is 0 Å². The number of rotatable bonds is 1. The summed E-state index contributed by atoms with van der Waals surface area (Å²) in [5.41, 5.74) is 9.62. The van der Waals surface area contributed by atoms with Gasteiger partial charge in [0.1, 0.15) is 0 Å². The van der Waals surface area contributed by atoms with Crippen molar-refractivity contribution >= 4 is 27.2 Å². The molecule has 12 heavy (non-hydrogen) atoms. The Morgan fingerprint density at radius 1 is 1.58 bits per heavy atom. The van der Waals surface area contributed by atoms with Gasteiger partial charge in [0.2, 0.25) is 0 Å². The maximum absolute atomic E-state index is 8.23. The van der Waals surface area contributed by atoms with E-state index in [2.05, 4.69) is 15.0 Å². The van der Waals surface area contributed by atoms with Gasteiger partial charge >= 0.3 is 0 Å². The molecule has 2 aromatic rings. The third kappa shape index (κ3) is 1.01. The minimum absolute atomic E-state index is 0.609. The lowest BCUT2D eigenvalue weighted by atomic mass is 10.4. The normalized spacial score (nSPS) is 9.67. The van der Waals surface area contributed by atoms with E-state index >= 15 is 0 Å². The van der Waals surface area contributed by atoms with Crippen molar-refractivity contribution in [1.82, 2.24) is 4.98 Å². The highest BCUT2D eigenvalue weighted by molar-refractivity contribution is 7.17. The van der Waals surface area contributed by atoms with Gasteiger partial charge in [0.25, 0.3) is 0 Å². The molecule has 0 saturated heterocycles. The Bertz CT molecular complexity index is 455. The summed E-state index contributed by atoms with van der Waals surface area (Å²) in [7, 11) is 0. The van der Waals surface area contributed by atoms with Crippen LogP contribution in [0.5, 0.6) is 0 Å². The number of hydrogen-bond acceptors (Lipinski definition) is 3. The van der Waals surface area contributed by atoms with Crippen molar-refractivity contribution in [3.8, 4) is 0 Å². The summed E-state index contributed by atoms with van der Waals surface area (Å²) in [6.45, 7) is 0. The molecule has 4 nitrogen and oxygen atoms in total. The summed E-state index contributed by atoms with van der Waals surface area (Å²) in [5, 5.41) is 5.33. The second kappa shape index (κ2) is 2.81. The number of aromatic nitrogens is 1. The molecule has 2 heterocycles. The molecule has 0 bridgehead atoms. The summed E-state index contributed by atoms with van der Waals surface area (Å²) in [5.74, 6) is 0. The van der Waals surface area contributed by atoms with Crippen LogP contribution in [0.25, 0.3) is 20.7 Å². The van der Waals surface area contributed by atoms with Crippen molar-refractivity contribution in [3.05, 3.63) is 34.2 Å². The zero-order valence-corrected chi connectivity index (χ0v) is 6.82. The number of thiophene rings is 1. The van der Waals surface area contributed by atoms with Crippen LogP contribution < -0.4 is 0 Å². The Morgan fingerprint density at radius 2 is 2.50 bits per heavy atom. The lowest BCUT2D eigenvalue weighted by Gasteiger charge is -1.86. The molecule has 0 aliphatic heterocycles. The third-order valence-electron chi connectivity index (χ3n) is 1.46. The highest BCUT2D eigenvalue weighted by atomic mass is 32.1. The minimum Gasteiger partial charge on any atom is -0.255 e. The maximum Gasteiger partial charge on any atom is 0.0905 e. The molecule has 0 saturated carbocycles. The van der Waals surface area contributed by atoms with E-state index in [-0.39, 0.29) is 0 Å². The fourth-order valence-electron chi connectivity index (χ4n) is 0.972. The van der Waals surface area contributed by atoms with Crippen molar-refractivity contribution in [1.29, 1.82) is 0 Å². The molecular formula is C7H4N4S. The lowest BCUT2D eigenvalue weighted by Crippen LogP contribution is -1.68. The van der Waals surface area contributed by atoms with Crippen molar-refractivity contribution in [3.63, 3.8) is 0 Å². The van der Waals surface area contributed by atoms with Gasteiger partial charge in [-0.05, 0) is 17.7 Å². The largest absolute Gasteiger partial charge is 0.255 e. The van der Waals surface area contributed by atoms with E-state index < -0.39 is 0 Å². The second-order valence-corrected chi connectivity index (χ2v) is 3.07. The van der Waals surface area contributed by atoms with Gasteiger partial charge in [-0.1, -0.05) is 5.11 Å². The molecule has 0 aliphatic rings. The van der Waals surface area contributed by atoms with Crippen LogP contribution in [0.2, 0.25) is 0 Å². The van der Waals surface area contributed by atoms with E-state index in [0.29, 0.717) is 5.69 Å². The van der Waals surface area contributed by atoms with Crippen molar-refractivity contribution in [2.24, 2.45) is 5.11 Å². The van der Waals surface area contributed by atoms with Gasteiger partial charge in [0.05, 0.1) is 15.9 Å². The summed E-state index contributed by atoms with van der Waals surface area (Å²) in [6, 6.07) is 3.81. The molecule has 58 valence electrons. The number of nitrogens with zero attached hydrogens (tertiary/aromatic N) is 4. The van der Waals surface area contributed by atoms with E-state index in [1.165, 1.54) is 11.3 Å². The van der Waals surface area contributed by atoms with Gasteiger partial charge in [-0.15, -0.1) is 11.3 Å². The first-order chi connectivity index (χ1) is 5.92. The molecule has 2 rings (SSSR count). The molecule has 0 N–H and O–H groups in total. The first kappa shape index (κ1) is 7.09. The number of hydrogen-bond donors (Lipinski definition) is 0.